The van der Waals surface area contributed by atoms with Gasteiger partial charge in [-0.15, -0.1) is 0 Å². The van der Waals surface area contributed by atoms with E-state index >= 15 is 0 Å². The van der Waals surface area contributed by atoms with Gasteiger partial charge in [0.15, 0.2) is 17.3 Å². The van der Waals surface area contributed by atoms with Crippen molar-refractivity contribution < 1.29 is 14.3 Å². The van der Waals surface area contributed by atoms with E-state index in [4.69, 9.17) is 21.1 Å². The summed E-state index contributed by atoms with van der Waals surface area (Å²) in [6, 6.07) is 3.37. The maximum atomic E-state index is 12.4. The molecule has 1 aromatic carbocycles. The van der Waals surface area contributed by atoms with Gasteiger partial charge in [0.25, 0.3) is 0 Å². The highest BCUT2D eigenvalue weighted by molar-refractivity contribution is 6.34. The minimum atomic E-state index is 0.0662. The van der Waals surface area contributed by atoms with E-state index in [1.165, 1.54) is 12.8 Å². The molecule has 0 radical (unpaired) electrons. The molecule has 0 amide bonds. The van der Waals surface area contributed by atoms with Crippen LogP contribution in [-0.4, -0.2) is 37.1 Å². The van der Waals surface area contributed by atoms with Crippen LogP contribution in [0.2, 0.25) is 5.02 Å². The Hall–Kier alpha value is -1.26. The maximum absolute atomic E-state index is 12.4. The van der Waals surface area contributed by atoms with Crippen molar-refractivity contribution in [2.24, 2.45) is 5.92 Å². The standard InChI is InChI=1S/C16H20ClNO3/c1-11-3-2-5-18(9-11)6-4-14(19)12-7-15-16(8-13(12)17)21-10-20-15/h7-8,11H,2-6,9-10H2,1H3. The zero-order chi connectivity index (χ0) is 14.8. The third-order valence-electron chi connectivity index (χ3n) is 4.16. The highest BCUT2D eigenvalue weighted by Gasteiger charge is 2.21. The molecule has 1 fully saturated rings. The monoisotopic (exact) mass is 309 g/mol. The molecule has 1 atom stereocenters. The van der Waals surface area contributed by atoms with Gasteiger partial charge in [0.05, 0.1) is 5.02 Å². The van der Waals surface area contributed by atoms with Crippen molar-refractivity contribution in [3.63, 3.8) is 0 Å². The summed E-state index contributed by atoms with van der Waals surface area (Å²) in [5.74, 6) is 2.01. The Balaban J connectivity index is 1.63. The third kappa shape index (κ3) is 3.33. The molecular formula is C16H20ClNO3. The smallest absolute Gasteiger partial charge is 0.231 e. The number of piperidine rings is 1. The number of ether oxygens (including phenoxy) is 2. The average molecular weight is 310 g/mol. The summed E-state index contributed by atoms with van der Waals surface area (Å²) in [6.45, 7) is 5.43. The van der Waals surface area contributed by atoms with Gasteiger partial charge in [-0.3, -0.25) is 4.79 Å². The number of halogens is 1. The van der Waals surface area contributed by atoms with Crippen LogP contribution in [0.1, 0.15) is 36.5 Å². The molecule has 0 saturated carbocycles. The van der Waals surface area contributed by atoms with Crippen molar-refractivity contribution in [1.29, 1.82) is 0 Å². The number of Topliss-reactive ketones (excluding diaryl/α,β-unsaturated/α-hetero) is 1. The normalized spacial score (nSPS) is 21.5. The van der Waals surface area contributed by atoms with Gasteiger partial charge in [0.1, 0.15) is 0 Å². The second-order valence-corrected chi connectivity index (χ2v) is 6.31. The molecule has 1 unspecified atom stereocenters. The number of hydrogen-bond acceptors (Lipinski definition) is 4. The van der Waals surface area contributed by atoms with Crippen LogP contribution in [0.4, 0.5) is 0 Å². The predicted octanol–water partition coefficient (Wildman–Crippen LogP) is 3.37. The second kappa shape index (κ2) is 6.24. The third-order valence-corrected chi connectivity index (χ3v) is 4.47. The fraction of sp³-hybridized carbons (Fsp3) is 0.562. The molecule has 0 aromatic heterocycles. The maximum Gasteiger partial charge on any atom is 0.231 e. The topological polar surface area (TPSA) is 38.8 Å². The van der Waals surface area contributed by atoms with E-state index in [1.807, 2.05) is 0 Å². The van der Waals surface area contributed by atoms with Gasteiger partial charge in [0, 0.05) is 31.1 Å². The van der Waals surface area contributed by atoms with Crippen LogP contribution in [0.5, 0.6) is 11.5 Å². The lowest BCUT2D eigenvalue weighted by Gasteiger charge is -2.30. The Kier molecular flexibility index (Phi) is 4.36. The van der Waals surface area contributed by atoms with Crippen molar-refractivity contribution in [1.82, 2.24) is 4.90 Å². The van der Waals surface area contributed by atoms with E-state index in [-0.39, 0.29) is 12.6 Å². The van der Waals surface area contributed by atoms with E-state index in [2.05, 4.69) is 11.8 Å². The lowest BCUT2D eigenvalue weighted by molar-refractivity contribution is 0.0949. The number of rotatable bonds is 4. The molecule has 4 nitrogen and oxygen atoms in total. The summed E-state index contributed by atoms with van der Waals surface area (Å²) in [5.41, 5.74) is 0.533. The van der Waals surface area contributed by atoms with Crippen LogP contribution >= 0.6 is 11.6 Å². The van der Waals surface area contributed by atoms with E-state index in [0.717, 1.165) is 25.6 Å². The van der Waals surface area contributed by atoms with Crippen LogP contribution < -0.4 is 9.47 Å². The lowest BCUT2D eigenvalue weighted by Crippen LogP contribution is -2.35. The molecule has 2 aliphatic heterocycles. The van der Waals surface area contributed by atoms with Crippen molar-refractivity contribution in [2.45, 2.75) is 26.2 Å². The Morgan fingerprint density at radius 3 is 2.90 bits per heavy atom. The zero-order valence-electron chi connectivity index (χ0n) is 12.2. The van der Waals surface area contributed by atoms with Gasteiger partial charge in [0.2, 0.25) is 6.79 Å². The summed E-state index contributed by atoms with van der Waals surface area (Å²) >= 11 is 6.18. The number of fused-ring (bicyclic) bond motifs is 1. The molecule has 0 aliphatic carbocycles. The number of benzene rings is 1. The largest absolute Gasteiger partial charge is 0.454 e. The van der Waals surface area contributed by atoms with E-state index in [1.54, 1.807) is 12.1 Å². The fourth-order valence-electron chi connectivity index (χ4n) is 3.01. The molecule has 2 heterocycles. The van der Waals surface area contributed by atoms with Gasteiger partial charge in [-0.2, -0.15) is 0 Å². The van der Waals surface area contributed by atoms with E-state index in [0.29, 0.717) is 28.5 Å². The van der Waals surface area contributed by atoms with Crippen molar-refractivity contribution in [3.8, 4) is 11.5 Å². The van der Waals surface area contributed by atoms with Gasteiger partial charge >= 0.3 is 0 Å². The van der Waals surface area contributed by atoms with Crippen LogP contribution in [0.25, 0.3) is 0 Å². The minimum Gasteiger partial charge on any atom is -0.454 e. The SMILES string of the molecule is CC1CCCN(CCC(=O)c2cc3c(cc2Cl)OCO3)C1. The molecule has 114 valence electrons. The highest BCUT2D eigenvalue weighted by Crippen LogP contribution is 2.37. The summed E-state index contributed by atoms with van der Waals surface area (Å²) in [6.07, 6.45) is 3.00. The van der Waals surface area contributed by atoms with Gasteiger partial charge < -0.3 is 14.4 Å². The van der Waals surface area contributed by atoms with Crippen LogP contribution in [0, 0.1) is 5.92 Å². The first-order valence-corrected chi connectivity index (χ1v) is 7.86. The molecule has 0 bridgehead atoms. The summed E-state index contributed by atoms with van der Waals surface area (Å²) in [5, 5.41) is 0.441. The second-order valence-electron chi connectivity index (χ2n) is 5.91. The van der Waals surface area contributed by atoms with E-state index in [9.17, 15) is 4.79 Å². The summed E-state index contributed by atoms with van der Waals surface area (Å²) in [7, 11) is 0. The first kappa shape index (κ1) is 14.7. The van der Waals surface area contributed by atoms with Crippen molar-refractivity contribution in [2.75, 3.05) is 26.4 Å². The fourth-order valence-corrected chi connectivity index (χ4v) is 3.27. The Morgan fingerprint density at radius 1 is 1.38 bits per heavy atom. The number of hydrogen-bond donors (Lipinski definition) is 0. The van der Waals surface area contributed by atoms with Crippen molar-refractivity contribution >= 4 is 17.4 Å². The number of nitrogens with zero attached hydrogens (tertiary/aromatic N) is 1. The van der Waals surface area contributed by atoms with Crippen LogP contribution in [0.15, 0.2) is 12.1 Å². The van der Waals surface area contributed by atoms with Gasteiger partial charge in [-0.1, -0.05) is 18.5 Å². The minimum absolute atomic E-state index is 0.0662. The van der Waals surface area contributed by atoms with Crippen molar-refractivity contribution in [3.05, 3.63) is 22.7 Å². The van der Waals surface area contributed by atoms with Crippen LogP contribution in [0.3, 0.4) is 0 Å². The number of carbonyl (C=O) groups excluding carboxylic acids is 1. The first-order valence-electron chi connectivity index (χ1n) is 7.48. The number of likely N-dealkylation sites (tertiary alicyclic amines) is 1. The molecule has 1 aromatic rings. The van der Waals surface area contributed by atoms with E-state index < -0.39 is 0 Å². The molecule has 5 heteroatoms. The molecule has 3 rings (SSSR count). The number of carbonyl (C=O) groups is 1. The molecule has 2 aliphatic rings. The molecule has 0 spiro atoms. The lowest BCUT2D eigenvalue weighted by atomic mass is 9.99. The predicted molar refractivity (Wildman–Crippen MR) is 81.4 cm³/mol. The molecule has 1 saturated heterocycles. The summed E-state index contributed by atoms with van der Waals surface area (Å²) < 4.78 is 10.6. The molecule has 21 heavy (non-hydrogen) atoms. The Labute approximate surface area is 130 Å². The molecular weight excluding hydrogens is 290 g/mol. The first-order chi connectivity index (χ1) is 10.1. The Morgan fingerprint density at radius 2 is 2.14 bits per heavy atom. The quantitative estimate of drug-likeness (QED) is 0.799. The number of ketones is 1. The highest BCUT2D eigenvalue weighted by atomic mass is 35.5. The molecule has 0 N–H and O–H groups in total. The zero-order valence-corrected chi connectivity index (χ0v) is 13.0. The van der Waals surface area contributed by atoms with Gasteiger partial charge in [-0.25, -0.2) is 0 Å². The Bertz CT molecular complexity index is 547. The van der Waals surface area contributed by atoms with Gasteiger partial charge in [-0.05, 0) is 31.4 Å². The summed E-state index contributed by atoms with van der Waals surface area (Å²) in [4.78, 5) is 14.8. The van der Waals surface area contributed by atoms with Crippen LogP contribution in [-0.2, 0) is 0 Å². The average Bonchev–Trinajstić information content (AvgIpc) is 2.91.